The summed E-state index contributed by atoms with van der Waals surface area (Å²) < 4.78 is 0. The first kappa shape index (κ1) is 13.4. The maximum atomic E-state index is 12.9. The van der Waals surface area contributed by atoms with E-state index in [1.807, 2.05) is 48.5 Å². The van der Waals surface area contributed by atoms with E-state index < -0.39 is 0 Å². The molecule has 0 aromatic heterocycles. The number of ketones is 1. The highest BCUT2D eigenvalue weighted by Gasteiger charge is 2.49. The Morgan fingerprint density at radius 3 is 2.64 bits per heavy atom. The Balaban J connectivity index is 1.75. The highest BCUT2D eigenvalue weighted by Crippen LogP contribution is 2.52. The minimum absolute atomic E-state index is 0.0556. The fourth-order valence-corrected chi connectivity index (χ4v) is 4.75. The number of rotatable bonds is 2. The monoisotopic (exact) mass is 306 g/mol. The Bertz CT molecular complexity index is 768. The Hall–Kier alpha value is -2.25. The second-order valence-electron chi connectivity index (χ2n) is 5.60. The lowest BCUT2D eigenvalue weighted by atomic mass is 9.99. The van der Waals surface area contributed by atoms with Crippen LogP contribution in [-0.4, -0.2) is 17.2 Å². The SMILES string of the molecule is N#C[C@@H]1C[C@H](C(=O)c2ccccc2)N2c3ccccc3S[C@H]12. The van der Waals surface area contributed by atoms with E-state index in [1.165, 1.54) is 4.90 Å². The molecule has 0 N–H and O–H groups in total. The van der Waals surface area contributed by atoms with Gasteiger partial charge in [0, 0.05) is 10.5 Å². The van der Waals surface area contributed by atoms with Crippen LogP contribution in [0.3, 0.4) is 0 Å². The molecule has 2 aliphatic rings. The topological polar surface area (TPSA) is 44.1 Å². The maximum absolute atomic E-state index is 12.9. The van der Waals surface area contributed by atoms with Crippen molar-refractivity contribution in [2.45, 2.75) is 22.7 Å². The summed E-state index contributed by atoms with van der Waals surface area (Å²) in [4.78, 5) is 16.2. The van der Waals surface area contributed by atoms with Gasteiger partial charge in [-0.3, -0.25) is 4.79 Å². The van der Waals surface area contributed by atoms with Gasteiger partial charge in [0.25, 0.3) is 0 Å². The first-order chi connectivity index (χ1) is 10.8. The summed E-state index contributed by atoms with van der Waals surface area (Å²) in [7, 11) is 0. The summed E-state index contributed by atoms with van der Waals surface area (Å²) in [6.45, 7) is 0. The lowest BCUT2D eigenvalue weighted by molar-refractivity contribution is 0.0961. The standard InChI is InChI=1S/C18H14N2OS/c19-11-13-10-15(17(21)12-6-2-1-3-7-12)20-14-8-4-5-9-16(14)22-18(13)20/h1-9,13,15,18H,10H2/t13-,15+,18+/m0/s1. The number of thioether (sulfide) groups is 1. The Morgan fingerprint density at radius 1 is 1.14 bits per heavy atom. The van der Waals surface area contributed by atoms with Crippen LogP contribution in [0.5, 0.6) is 0 Å². The molecule has 4 rings (SSSR count). The van der Waals surface area contributed by atoms with Crippen molar-refractivity contribution < 1.29 is 4.79 Å². The number of nitrogens with zero attached hydrogens (tertiary/aromatic N) is 2. The van der Waals surface area contributed by atoms with Crippen LogP contribution in [0.2, 0.25) is 0 Å². The summed E-state index contributed by atoms with van der Waals surface area (Å²) in [6, 6.07) is 19.6. The first-order valence-corrected chi connectivity index (χ1v) is 8.20. The minimum Gasteiger partial charge on any atom is -0.346 e. The van der Waals surface area contributed by atoms with Crippen LogP contribution in [0.1, 0.15) is 16.8 Å². The normalized spacial score (nSPS) is 25.4. The zero-order valence-corrected chi connectivity index (χ0v) is 12.7. The van der Waals surface area contributed by atoms with E-state index in [0.29, 0.717) is 6.42 Å². The van der Waals surface area contributed by atoms with Crippen molar-refractivity contribution in [2.75, 3.05) is 4.90 Å². The van der Waals surface area contributed by atoms with Crippen molar-refractivity contribution in [1.29, 1.82) is 5.26 Å². The first-order valence-electron chi connectivity index (χ1n) is 7.32. The predicted molar refractivity (Wildman–Crippen MR) is 86.8 cm³/mol. The third kappa shape index (κ3) is 1.93. The van der Waals surface area contributed by atoms with Gasteiger partial charge in [-0.2, -0.15) is 5.26 Å². The van der Waals surface area contributed by atoms with Crippen LogP contribution < -0.4 is 4.90 Å². The van der Waals surface area contributed by atoms with Gasteiger partial charge in [-0.1, -0.05) is 54.2 Å². The van der Waals surface area contributed by atoms with E-state index >= 15 is 0 Å². The smallest absolute Gasteiger partial charge is 0.185 e. The van der Waals surface area contributed by atoms with E-state index in [4.69, 9.17) is 0 Å². The summed E-state index contributed by atoms with van der Waals surface area (Å²) in [6.07, 6.45) is 0.607. The van der Waals surface area contributed by atoms with Gasteiger partial charge >= 0.3 is 0 Å². The van der Waals surface area contributed by atoms with E-state index in [2.05, 4.69) is 17.0 Å². The third-order valence-corrected chi connectivity index (χ3v) is 5.75. The molecule has 0 amide bonds. The molecule has 22 heavy (non-hydrogen) atoms. The largest absolute Gasteiger partial charge is 0.346 e. The number of Topliss-reactive ketones (excluding diaryl/α,β-unsaturated/α-hetero) is 1. The van der Waals surface area contributed by atoms with E-state index in [1.54, 1.807) is 11.8 Å². The predicted octanol–water partition coefficient (Wildman–Crippen LogP) is 3.72. The summed E-state index contributed by atoms with van der Waals surface area (Å²) in [5.74, 6) is -0.00397. The molecule has 3 nitrogen and oxygen atoms in total. The summed E-state index contributed by atoms with van der Waals surface area (Å²) in [5, 5.41) is 9.52. The Morgan fingerprint density at radius 2 is 1.86 bits per heavy atom. The molecule has 2 heterocycles. The molecule has 0 saturated carbocycles. The van der Waals surface area contributed by atoms with Crippen molar-refractivity contribution in [2.24, 2.45) is 5.92 Å². The van der Waals surface area contributed by atoms with Crippen LogP contribution in [0.25, 0.3) is 0 Å². The number of fused-ring (bicyclic) bond motifs is 3. The van der Waals surface area contributed by atoms with Crippen LogP contribution >= 0.6 is 11.8 Å². The molecule has 3 atom stereocenters. The molecule has 0 unspecified atom stereocenters. The van der Waals surface area contributed by atoms with Gasteiger partial charge < -0.3 is 4.90 Å². The number of carbonyl (C=O) groups is 1. The van der Waals surface area contributed by atoms with E-state index in [0.717, 1.165) is 11.3 Å². The molecule has 2 aromatic carbocycles. The van der Waals surface area contributed by atoms with Crippen molar-refractivity contribution in [3.63, 3.8) is 0 Å². The molecular formula is C18H14N2OS. The van der Waals surface area contributed by atoms with Crippen molar-refractivity contribution >= 4 is 23.2 Å². The average Bonchev–Trinajstić information content (AvgIpc) is 3.12. The number of carbonyl (C=O) groups excluding carboxylic acids is 1. The van der Waals surface area contributed by atoms with E-state index in [-0.39, 0.29) is 23.1 Å². The molecule has 1 saturated heterocycles. The Kier molecular flexibility index (Phi) is 3.16. The maximum Gasteiger partial charge on any atom is 0.185 e. The molecule has 0 radical (unpaired) electrons. The Labute approximate surface area is 133 Å². The number of hydrogen-bond donors (Lipinski definition) is 0. The van der Waals surface area contributed by atoms with Crippen molar-refractivity contribution in [3.8, 4) is 6.07 Å². The van der Waals surface area contributed by atoms with Gasteiger partial charge in [0.2, 0.25) is 0 Å². The molecule has 1 fully saturated rings. The highest BCUT2D eigenvalue weighted by molar-refractivity contribution is 8.00. The third-order valence-electron chi connectivity index (χ3n) is 4.35. The van der Waals surface area contributed by atoms with Gasteiger partial charge in [0.15, 0.2) is 5.78 Å². The number of hydrogen-bond acceptors (Lipinski definition) is 4. The second kappa shape index (κ2) is 5.19. The van der Waals surface area contributed by atoms with Crippen LogP contribution in [0.4, 0.5) is 5.69 Å². The number of para-hydroxylation sites is 1. The molecule has 4 heteroatoms. The van der Waals surface area contributed by atoms with Crippen molar-refractivity contribution in [3.05, 3.63) is 60.2 Å². The van der Waals surface area contributed by atoms with Gasteiger partial charge in [-0.05, 0) is 18.6 Å². The van der Waals surface area contributed by atoms with Crippen LogP contribution in [-0.2, 0) is 0 Å². The number of benzene rings is 2. The van der Waals surface area contributed by atoms with Crippen LogP contribution in [0, 0.1) is 17.2 Å². The second-order valence-corrected chi connectivity index (χ2v) is 6.76. The number of nitriles is 1. The van der Waals surface area contributed by atoms with Gasteiger partial charge in [0.1, 0.15) is 0 Å². The fraction of sp³-hybridized carbons (Fsp3) is 0.222. The summed E-state index contributed by atoms with van der Waals surface area (Å²) in [5.41, 5.74) is 1.81. The zero-order valence-electron chi connectivity index (χ0n) is 11.8. The summed E-state index contributed by atoms with van der Waals surface area (Å²) >= 11 is 1.71. The molecule has 0 bridgehead atoms. The average molecular weight is 306 g/mol. The molecule has 2 aromatic rings. The lowest BCUT2D eigenvalue weighted by Crippen LogP contribution is -2.38. The molecule has 0 spiro atoms. The zero-order chi connectivity index (χ0) is 15.1. The molecule has 2 aliphatic heterocycles. The molecule has 108 valence electrons. The molecule has 0 aliphatic carbocycles. The van der Waals surface area contributed by atoms with Crippen molar-refractivity contribution in [1.82, 2.24) is 0 Å². The molecular weight excluding hydrogens is 292 g/mol. The van der Waals surface area contributed by atoms with Gasteiger partial charge in [0.05, 0.1) is 29.1 Å². The fourth-order valence-electron chi connectivity index (χ4n) is 3.33. The quantitative estimate of drug-likeness (QED) is 0.793. The van der Waals surface area contributed by atoms with E-state index in [9.17, 15) is 10.1 Å². The minimum atomic E-state index is -0.242. The van der Waals surface area contributed by atoms with Gasteiger partial charge in [-0.25, -0.2) is 0 Å². The lowest BCUT2D eigenvalue weighted by Gasteiger charge is -2.25. The van der Waals surface area contributed by atoms with Crippen LogP contribution in [0.15, 0.2) is 59.5 Å². The number of anilines is 1. The van der Waals surface area contributed by atoms with Gasteiger partial charge in [-0.15, -0.1) is 0 Å². The highest BCUT2D eigenvalue weighted by atomic mass is 32.2.